The molecule has 3 nitrogen and oxygen atoms in total. The summed E-state index contributed by atoms with van der Waals surface area (Å²) in [5.74, 6) is 0.692. The molecular weight excluding hydrogens is 128 g/mol. The number of hydrogen-bond donors (Lipinski definition) is 2. The van der Waals surface area contributed by atoms with E-state index < -0.39 is 0 Å². The molecule has 2 N–H and O–H groups in total. The minimum Gasteiger partial charge on any atom is -0.375 e. The molecule has 58 valence electrons. The molecule has 0 aliphatic carbocycles. The monoisotopic (exact) mass is 142 g/mol. The molecule has 0 aromatic heterocycles. The normalized spacial score (nSPS) is 45.9. The van der Waals surface area contributed by atoms with Crippen molar-refractivity contribution in [2.45, 2.75) is 5.60 Å². The van der Waals surface area contributed by atoms with Crippen molar-refractivity contribution in [2.75, 3.05) is 33.3 Å². The van der Waals surface area contributed by atoms with E-state index in [9.17, 15) is 0 Å². The van der Waals surface area contributed by atoms with Crippen molar-refractivity contribution in [1.82, 2.24) is 10.6 Å². The molecule has 0 unspecified atom stereocenters. The van der Waals surface area contributed by atoms with E-state index in [1.54, 1.807) is 0 Å². The summed E-state index contributed by atoms with van der Waals surface area (Å²) in [5.41, 5.74) is 0.125. The number of rotatable bonds is 1. The molecule has 2 saturated heterocycles. The fraction of sp³-hybridized carbons (Fsp3) is 1.00. The Hall–Kier alpha value is -0.120. The Labute approximate surface area is 61.1 Å². The molecule has 0 amide bonds. The maximum atomic E-state index is 5.50. The van der Waals surface area contributed by atoms with Crippen LogP contribution in [0.2, 0.25) is 0 Å². The van der Waals surface area contributed by atoms with Crippen LogP contribution in [0, 0.1) is 5.92 Å². The lowest BCUT2D eigenvalue weighted by atomic mass is 9.95. The van der Waals surface area contributed by atoms with Crippen LogP contribution in [0.4, 0.5) is 0 Å². The summed E-state index contributed by atoms with van der Waals surface area (Å²) in [7, 11) is 1.81. The fourth-order valence-electron chi connectivity index (χ4n) is 2.02. The lowest BCUT2D eigenvalue weighted by Crippen LogP contribution is -2.40. The van der Waals surface area contributed by atoms with Crippen molar-refractivity contribution >= 4 is 0 Å². The van der Waals surface area contributed by atoms with Gasteiger partial charge in [0, 0.05) is 39.2 Å². The molecule has 2 fully saturated rings. The molecule has 0 aromatic rings. The first kappa shape index (κ1) is 6.58. The number of hydrogen-bond acceptors (Lipinski definition) is 3. The van der Waals surface area contributed by atoms with Gasteiger partial charge in [-0.3, -0.25) is 0 Å². The first-order valence-corrected chi connectivity index (χ1v) is 3.84. The number of nitrogens with one attached hydrogen (secondary N) is 2. The van der Waals surface area contributed by atoms with Crippen LogP contribution < -0.4 is 10.6 Å². The van der Waals surface area contributed by atoms with Crippen molar-refractivity contribution in [3.63, 3.8) is 0 Å². The quantitative estimate of drug-likeness (QED) is 0.502. The van der Waals surface area contributed by atoms with Gasteiger partial charge in [-0.15, -0.1) is 0 Å². The van der Waals surface area contributed by atoms with Gasteiger partial charge in [-0.05, 0) is 0 Å². The van der Waals surface area contributed by atoms with Crippen LogP contribution in [0.15, 0.2) is 0 Å². The molecule has 2 heterocycles. The molecule has 0 saturated carbocycles. The SMILES string of the molecule is COC12CNCC1CNC2. The Morgan fingerprint density at radius 3 is 2.30 bits per heavy atom. The van der Waals surface area contributed by atoms with Crippen molar-refractivity contribution in [2.24, 2.45) is 5.92 Å². The molecule has 0 aromatic carbocycles. The van der Waals surface area contributed by atoms with Gasteiger partial charge in [0.2, 0.25) is 0 Å². The highest BCUT2D eigenvalue weighted by Gasteiger charge is 2.46. The van der Waals surface area contributed by atoms with E-state index in [0.29, 0.717) is 5.92 Å². The Balaban J connectivity index is 2.15. The highest BCUT2D eigenvalue weighted by molar-refractivity contribution is 5.03. The summed E-state index contributed by atoms with van der Waals surface area (Å²) < 4.78 is 5.50. The van der Waals surface area contributed by atoms with E-state index in [4.69, 9.17) is 4.74 Å². The summed E-state index contributed by atoms with van der Waals surface area (Å²) >= 11 is 0. The van der Waals surface area contributed by atoms with Crippen LogP contribution in [0.1, 0.15) is 0 Å². The first-order chi connectivity index (χ1) is 4.87. The lowest BCUT2D eigenvalue weighted by Gasteiger charge is -2.24. The summed E-state index contributed by atoms with van der Waals surface area (Å²) in [5, 5.41) is 6.70. The van der Waals surface area contributed by atoms with Gasteiger partial charge in [0.25, 0.3) is 0 Å². The third kappa shape index (κ3) is 0.713. The van der Waals surface area contributed by atoms with E-state index in [0.717, 1.165) is 26.2 Å². The molecule has 3 heteroatoms. The maximum Gasteiger partial charge on any atom is 0.0978 e. The van der Waals surface area contributed by atoms with Crippen molar-refractivity contribution in [3.8, 4) is 0 Å². The molecule has 0 spiro atoms. The van der Waals surface area contributed by atoms with Gasteiger partial charge < -0.3 is 15.4 Å². The Kier molecular flexibility index (Phi) is 1.44. The van der Waals surface area contributed by atoms with Gasteiger partial charge >= 0.3 is 0 Å². The summed E-state index contributed by atoms with van der Waals surface area (Å²) in [6, 6.07) is 0. The molecular formula is C7H14N2O. The summed E-state index contributed by atoms with van der Waals surface area (Å²) in [6.07, 6.45) is 0. The van der Waals surface area contributed by atoms with Gasteiger partial charge in [-0.2, -0.15) is 0 Å². The minimum atomic E-state index is 0.125. The van der Waals surface area contributed by atoms with Crippen LogP contribution in [0.3, 0.4) is 0 Å². The zero-order chi connectivity index (χ0) is 7.03. The van der Waals surface area contributed by atoms with E-state index in [1.807, 2.05) is 7.11 Å². The van der Waals surface area contributed by atoms with Crippen LogP contribution in [-0.2, 0) is 4.74 Å². The van der Waals surface area contributed by atoms with Gasteiger partial charge in [-0.25, -0.2) is 0 Å². The van der Waals surface area contributed by atoms with Gasteiger partial charge in [-0.1, -0.05) is 0 Å². The van der Waals surface area contributed by atoms with Crippen molar-refractivity contribution < 1.29 is 4.74 Å². The third-order valence-corrected chi connectivity index (χ3v) is 2.78. The number of ether oxygens (including phenoxy) is 1. The molecule has 0 atom stereocenters. The Bertz CT molecular complexity index is 128. The van der Waals surface area contributed by atoms with Crippen molar-refractivity contribution in [1.29, 1.82) is 0 Å². The highest BCUT2D eigenvalue weighted by atomic mass is 16.5. The molecule has 2 rings (SSSR count). The van der Waals surface area contributed by atoms with Crippen LogP contribution >= 0.6 is 0 Å². The second kappa shape index (κ2) is 2.19. The van der Waals surface area contributed by atoms with Crippen LogP contribution in [-0.4, -0.2) is 38.9 Å². The lowest BCUT2D eigenvalue weighted by molar-refractivity contribution is 0.000501. The van der Waals surface area contributed by atoms with Crippen molar-refractivity contribution in [3.05, 3.63) is 0 Å². The summed E-state index contributed by atoms with van der Waals surface area (Å²) in [4.78, 5) is 0. The first-order valence-electron chi connectivity index (χ1n) is 3.84. The van der Waals surface area contributed by atoms with Gasteiger partial charge in [0.05, 0.1) is 5.60 Å². The number of methoxy groups -OCH3 is 1. The fourth-order valence-corrected chi connectivity index (χ4v) is 2.02. The van der Waals surface area contributed by atoms with E-state index in [2.05, 4.69) is 10.6 Å². The molecule has 10 heavy (non-hydrogen) atoms. The van der Waals surface area contributed by atoms with Crippen LogP contribution in [0.25, 0.3) is 0 Å². The zero-order valence-electron chi connectivity index (χ0n) is 6.31. The summed E-state index contributed by atoms with van der Waals surface area (Å²) in [6.45, 7) is 4.25. The van der Waals surface area contributed by atoms with Gasteiger partial charge in [0.1, 0.15) is 0 Å². The number of fused-ring (bicyclic) bond motifs is 1. The van der Waals surface area contributed by atoms with E-state index >= 15 is 0 Å². The Morgan fingerprint density at radius 2 is 1.90 bits per heavy atom. The average Bonchev–Trinajstić information content (AvgIpc) is 2.42. The highest BCUT2D eigenvalue weighted by Crippen LogP contribution is 2.28. The predicted octanol–water partition coefficient (Wildman–Crippen LogP) is -0.806. The smallest absolute Gasteiger partial charge is 0.0978 e. The standard InChI is InChI=1S/C7H14N2O/c1-10-7-4-8-2-6(7)3-9-5-7/h6,8-9H,2-5H2,1H3. The third-order valence-electron chi connectivity index (χ3n) is 2.78. The zero-order valence-corrected chi connectivity index (χ0v) is 6.31. The largest absolute Gasteiger partial charge is 0.375 e. The predicted molar refractivity (Wildman–Crippen MR) is 39.0 cm³/mol. The second-order valence-electron chi connectivity index (χ2n) is 3.23. The second-order valence-corrected chi connectivity index (χ2v) is 3.23. The topological polar surface area (TPSA) is 33.3 Å². The molecule has 0 radical (unpaired) electrons. The Morgan fingerprint density at radius 1 is 1.30 bits per heavy atom. The van der Waals surface area contributed by atoms with Crippen LogP contribution in [0.5, 0.6) is 0 Å². The molecule has 2 aliphatic rings. The van der Waals surface area contributed by atoms with E-state index in [-0.39, 0.29) is 5.60 Å². The molecule has 2 aliphatic heterocycles. The minimum absolute atomic E-state index is 0.125. The average molecular weight is 142 g/mol. The van der Waals surface area contributed by atoms with Gasteiger partial charge in [0.15, 0.2) is 0 Å². The molecule has 0 bridgehead atoms. The van der Waals surface area contributed by atoms with E-state index in [1.165, 1.54) is 0 Å². The maximum absolute atomic E-state index is 5.50.